The van der Waals surface area contributed by atoms with Crippen molar-refractivity contribution in [1.82, 2.24) is 5.32 Å². The van der Waals surface area contributed by atoms with E-state index in [0.29, 0.717) is 6.61 Å². The number of hydrogen-bond acceptors (Lipinski definition) is 2. The molecule has 98 valence electrons. The molecule has 2 rings (SSSR count). The van der Waals surface area contributed by atoms with E-state index in [1.807, 2.05) is 6.08 Å². The molecule has 0 radical (unpaired) electrons. The molecular weight excluding hydrogens is 243 g/mol. The first kappa shape index (κ1) is 13.0. The Kier molecular flexibility index (Phi) is 3.61. The fourth-order valence-electron chi connectivity index (χ4n) is 1.98. The molecule has 0 spiro atoms. The summed E-state index contributed by atoms with van der Waals surface area (Å²) in [5, 5.41) is 3.04. The lowest BCUT2D eigenvalue weighted by atomic mass is 10.0. The summed E-state index contributed by atoms with van der Waals surface area (Å²) in [6, 6.07) is 4.96. The van der Waals surface area contributed by atoms with E-state index in [9.17, 15) is 13.2 Å². The molecule has 5 heteroatoms. The predicted octanol–water partition coefficient (Wildman–Crippen LogP) is 3.27. The highest BCUT2D eigenvalue weighted by atomic mass is 19.4. The summed E-state index contributed by atoms with van der Waals surface area (Å²) >= 11 is 0. The van der Waals surface area contributed by atoms with Crippen molar-refractivity contribution in [2.75, 3.05) is 13.7 Å². The molecule has 1 heterocycles. The molecule has 18 heavy (non-hydrogen) atoms. The summed E-state index contributed by atoms with van der Waals surface area (Å²) in [5.74, 6) is 0.775. The second-order valence-electron chi connectivity index (χ2n) is 4.09. The molecule has 0 aromatic heterocycles. The first-order valence-electron chi connectivity index (χ1n) is 5.69. The van der Waals surface area contributed by atoms with E-state index in [0.717, 1.165) is 29.9 Å². The molecule has 1 aromatic rings. The Morgan fingerprint density at radius 1 is 1.22 bits per heavy atom. The molecule has 0 amide bonds. The van der Waals surface area contributed by atoms with Crippen LogP contribution in [0.1, 0.15) is 23.6 Å². The van der Waals surface area contributed by atoms with E-state index in [1.165, 1.54) is 12.1 Å². The van der Waals surface area contributed by atoms with Crippen LogP contribution in [0.2, 0.25) is 0 Å². The van der Waals surface area contributed by atoms with Gasteiger partial charge in [0.2, 0.25) is 0 Å². The van der Waals surface area contributed by atoms with Crippen LogP contribution in [-0.4, -0.2) is 13.7 Å². The topological polar surface area (TPSA) is 21.3 Å². The van der Waals surface area contributed by atoms with Gasteiger partial charge in [-0.2, -0.15) is 13.2 Å². The van der Waals surface area contributed by atoms with Crippen molar-refractivity contribution in [2.24, 2.45) is 0 Å². The lowest BCUT2D eigenvalue weighted by molar-refractivity contribution is -0.137. The van der Waals surface area contributed by atoms with Crippen LogP contribution in [0.25, 0.3) is 0 Å². The van der Waals surface area contributed by atoms with Gasteiger partial charge in [0.1, 0.15) is 5.76 Å². The first-order valence-corrected chi connectivity index (χ1v) is 5.69. The summed E-state index contributed by atoms with van der Waals surface area (Å²) in [6.45, 7) is 0.633. The van der Waals surface area contributed by atoms with E-state index < -0.39 is 11.7 Å². The van der Waals surface area contributed by atoms with Crippen molar-refractivity contribution in [2.45, 2.75) is 18.6 Å². The number of benzene rings is 1. The normalized spacial score (nSPS) is 17.2. The van der Waals surface area contributed by atoms with Crippen LogP contribution in [0.15, 0.2) is 36.1 Å². The number of nitrogens with one attached hydrogen (secondary N) is 1. The highest BCUT2D eigenvalue weighted by molar-refractivity contribution is 5.31. The number of ether oxygens (including phenoxy) is 1. The zero-order chi connectivity index (χ0) is 13.2. The van der Waals surface area contributed by atoms with Gasteiger partial charge in [-0.15, -0.1) is 0 Å². The van der Waals surface area contributed by atoms with Crippen LogP contribution < -0.4 is 5.32 Å². The zero-order valence-corrected chi connectivity index (χ0v) is 9.92. The van der Waals surface area contributed by atoms with Gasteiger partial charge in [-0.05, 0) is 30.8 Å². The monoisotopic (exact) mass is 257 g/mol. The molecule has 1 aliphatic rings. The van der Waals surface area contributed by atoms with Crippen LogP contribution in [0, 0.1) is 0 Å². The fraction of sp³-hybridized carbons (Fsp3) is 0.385. The summed E-state index contributed by atoms with van der Waals surface area (Å²) in [4.78, 5) is 0. The molecule has 1 atom stereocenters. The second-order valence-corrected chi connectivity index (χ2v) is 4.09. The van der Waals surface area contributed by atoms with Gasteiger partial charge in [0.15, 0.2) is 0 Å². The number of hydrogen-bond donors (Lipinski definition) is 1. The Bertz CT molecular complexity index is 437. The number of likely N-dealkylation sites (N-methyl/N-ethyl adjacent to an activating group) is 1. The minimum atomic E-state index is -4.29. The maximum absolute atomic E-state index is 12.5. The van der Waals surface area contributed by atoms with Crippen LogP contribution >= 0.6 is 0 Å². The molecule has 0 saturated heterocycles. The summed E-state index contributed by atoms with van der Waals surface area (Å²) in [5.41, 5.74) is 0.126. The van der Waals surface area contributed by atoms with Crippen molar-refractivity contribution in [3.8, 4) is 0 Å². The van der Waals surface area contributed by atoms with Crippen molar-refractivity contribution in [3.63, 3.8) is 0 Å². The van der Waals surface area contributed by atoms with Crippen LogP contribution in [0.5, 0.6) is 0 Å². The Labute approximate surface area is 103 Å². The van der Waals surface area contributed by atoms with E-state index in [1.54, 1.807) is 7.05 Å². The third kappa shape index (κ3) is 2.67. The highest BCUT2D eigenvalue weighted by Crippen LogP contribution is 2.31. The van der Waals surface area contributed by atoms with Gasteiger partial charge in [0.25, 0.3) is 0 Å². The lowest BCUT2D eigenvalue weighted by Gasteiger charge is -2.18. The quantitative estimate of drug-likeness (QED) is 0.897. The van der Waals surface area contributed by atoms with Crippen molar-refractivity contribution >= 4 is 0 Å². The summed E-state index contributed by atoms with van der Waals surface area (Å²) in [6.07, 6.45) is -1.50. The van der Waals surface area contributed by atoms with Gasteiger partial charge in [-0.1, -0.05) is 12.1 Å². The van der Waals surface area contributed by atoms with Gasteiger partial charge in [0, 0.05) is 6.42 Å². The molecule has 1 aliphatic heterocycles. The van der Waals surface area contributed by atoms with Gasteiger partial charge in [-0.25, -0.2) is 0 Å². The Morgan fingerprint density at radius 2 is 1.89 bits per heavy atom. The maximum Gasteiger partial charge on any atom is 0.416 e. The van der Waals surface area contributed by atoms with E-state index in [2.05, 4.69) is 5.32 Å². The first-order chi connectivity index (χ1) is 8.52. The minimum absolute atomic E-state index is 0.185. The van der Waals surface area contributed by atoms with E-state index >= 15 is 0 Å². The third-order valence-corrected chi connectivity index (χ3v) is 2.88. The summed E-state index contributed by atoms with van der Waals surface area (Å²) in [7, 11) is 1.75. The summed E-state index contributed by atoms with van der Waals surface area (Å²) < 4.78 is 42.8. The molecule has 0 bridgehead atoms. The third-order valence-electron chi connectivity index (χ3n) is 2.88. The number of halogens is 3. The fourth-order valence-corrected chi connectivity index (χ4v) is 1.98. The maximum atomic E-state index is 12.5. The van der Waals surface area contributed by atoms with Gasteiger partial charge >= 0.3 is 6.18 Å². The molecule has 1 N–H and O–H groups in total. The lowest BCUT2D eigenvalue weighted by Crippen LogP contribution is -2.19. The average molecular weight is 257 g/mol. The minimum Gasteiger partial charge on any atom is -0.496 e. The van der Waals surface area contributed by atoms with Gasteiger partial charge < -0.3 is 10.1 Å². The molecule has 1 aromatic carbocycles. The second kappa shape index (κ2) is 5.02. The highest BCUT2D eigenvalue weighted by Gasteiger charge is 2.30. The van der Waals surface area contributed by atoms with Crippen LogP contribution in [-0.2, 0) is 10.9 Å². The van der Waals surface area contributed by atoms with Gasteiger partial charge in [-0.3, -0.25) is 0 Å². The zero-order valence-electron chi connectivity index (χ0n) is 9.92. The molecule has 0 fully saturated rings. The SMILES string of the molecule is CNC(C1=CCCO1)c1ccc(C(F)(F)F)cc1. The van der Waals surface area contributed by atoms with E-state index in [4.69, 9.17) is 4.74 Å². The van der Waals surface area contributed by atoms with Crippen molar-refractivity contribution in [1.29, 1.82) is 0 Å². The predicted molar refractivity (Wildman–Crippen MR) is 61.9 cm³/mol. The van der Waals surface area contributed by atoms with Crippen molar-refractivity contribution < 1.29 is 17.9 Å². The van der Waals surface area contributed by atoms with Crippen LogP contribution in [0.3, 0.4) is 0 Å². The Balaban J connectivity index is 2.22. The Morgan fingerprint density at radius 3 is 2.33 bits per heavy atom. The molecular formula is C13H14F3NO. The van der Waals surface area contributed by atoms with E-state index in [-0.39, 0.29) is 6.04 Å². The standard InChI is InChI=1S/C13H14F3NO/c1-17-12(11-3-2-8-18-11)9-4-6-10(7-5-9)13(14,15)16/h3-7,12,17H,2,8H2,1H3. The largest absolute Gasteiger partial charge is 0.496 e. The van der Waals surface area contributed by atoms with Crippen LogP contribution in [0.4, 0.5) is 13.2 Å². The number of rotatable bonds is 3. The Hall–Kier alpha value is -1.49. The van der Waals surface area contributed by atoms with Crippen molar-refractivity contribution in [3.05, 3.63) is 47.2 Å². The van der Waals surface area contributed by atoms with Gasteiger partial charge in [0.05, 0.1) is 18.2 Å². The molecule has 0 saturated carbocycles. The smallest absolute Gasteiger partial charge is 0.416 e. The molecule has 1 unspecified atom stereocenters. The average Bonchev–Trinajstić information content (AvgIpc) is 2.83. The number of alkyl halides is 3. The molecule has 0 aliphatic carbocycles. The molecule has 2 nitrogen and oxygen atoms in total.